The Morgan fingerprint density at radius 1 is 1.23 bits per heavy atom. The van der Waals surface area contributed by atoms with Crippen LogP contribution in [0.1, 0.15) is 31.4 Å². The van der Waals surface area contributed by atoms with Crippen molar-refractivity contribution in [1.82, 2.24) is 15.5 Å². The summed E-state index contributed by atoms with van der Waals surface area (Å²) in [5.74, 6) is 0.514. The van der Waals surface area contributed by atoms with Crippen LogP contribution in [-0.4, -0.2) is 43.4 Å². The van der Waals surface area contributed by atoms with Gasteiger partial charge in [-0.2, -0.15) is 13.2 Å². The van der Waals surface area contributed by atoms with Crippen molar-refractivity contribution in [1.29, 1.82) is 0 Å². The van der Waals surface area contributed by atoms with E-state index in [9.17, 15) is 18.0 Å². The quantitative estimate of drug-likeness (QED) is 0.369. The fraction of sp³-hybridized carbons (Fsp3) is 0.529. The fourth-order valence-electron chi connectivity index (χ4n) is 2.21. The van der Waals surface area contributed by atoms with Crippen molar-refractivity contribution in [3.63, 3.8) is 0 Å². The van der Waals surface area contributed by atoms with Gasteiger partial charge in [0.25, 0.3) is 0 Å². The van der Waals surface area contributed by atoms with Crippen LogP contribution >= 0.6 is 24.0 Å². The van der Waals surface area contributed by atoms with E-state index in [-0.39, 0.29) is 35.9 Å². The minimum Gasteiger partial charge on any atom is -0.356 e. The second kappa shape index (κ2) is 11.2. The molecule has 0 aliphatic carbocycles. The number of benzene rings is 1. The Balaban J connectivity index is 0.00000625. The molecule has 0 fully saturated rings. The number of nitrogens with zero attached hydrogens (tertiary/aromatic N) is 2. The maximum Gasteiger partial charge on any atom is 0.416 e. The van der Waals surface area contributed by atoms with Crippen LogP contribution in [0.15, 0.2) is 29.3 Å². The summed E-state index contributed by atoms with van der Waals surface area (Å²) in [6.45, 7) is 4.60. The Bertz CT molecular complexity index is 589. The molecule has 0 aliphatic heterocycles. The van der Waals surface area contributed by atoms with Crippen LogP contribution in [0.3, 0.4) is 0 Å². The number of hydrogen-bond donors (Lipinski definition) is 2. The maximum atomic E-state index is 12.6. The minimum atomic E-state index is -4.33. The normalized spacial score (nSPS) is 11.8. The molecule has 1 aromatic carbocycles. The second-order valence-corrected chi connectivity index (χ2v) is 6.00. The van der Waals surface area contributed by atoms with Crippen molar-refractivity contribution in [2.24, 2.45) is 4.99 Å². The third-order valence-corrected chi connectivity index (χ3v) is 3.36. The molecule has 0 aromatic heterocycles. The number of carbonyl (C=O) groups excluding carboxylic acids is 1. The summed E-state index contributed by atoms with van der Waals surface area (Å²) >= 11 is 0. The smallest absolute Gasteiger partial charge is 0.356 e. The number of amides is 1. The zero-order valence-corrected chi connectivity index (χ0v) is 17.7. The van der Waals surface area contributed by atoms with E-state index in [1.54, 1.807) is 19.0 Å². The molecule has 1 aromatic rings. The van der Waals surface area contributed by atoms with E-state index in [0.717, 1.165) is 17.7 Å². The lowest BCUT2D eigenvalue weighted by molar-refractivity contribution is -0.137. The Hall–Kier alpha value is -1.52. The minimum absolute atomic E-state index is 0. The molecule has 0 saturated carbocycles. The van der Waals surface area contributed by atoms with Crippen LogP contribution in [0.25, 0.3) is 0 Å². The highest BCUT2D eigenvalue weighted by Gasteiger charge is 2.29. The topological polar surface area (TPSA) is 56.7 Å². The summed E-state index contributed by atoms with van der Waals surface area (Å²) in [6, 6.07) is 5.12. The monoisotopic (exact) mass is 486 g/mol. The molecule has 1 amide bonds. The van der Waals surface area contributed by atoms with Crippen LogP contribution in [0.2, 0.25) is 0 Å². The number of halogens is 4. The molecule has 0 radical (unpaired) electrons. The average Bonchev–Trinajstić information content (AvgIpc) is 2.50. The third-order valence-electron chi connectivity index (χ3n) is 3.36. The maximum absolute atomic E-state index is 12.6. The molecule has 0 heterocycles. The van der Waals surface area contributed by atoms with Gasteiger partial charge < -0.3 is 15.5 Å². The summed E-state index contributed by atoms with van der Waals surface area (Å²) in [6.07, 6.45) is -4.02. The molecule has 26 heavy (non-hydrogen) atoms. The Morgan fingerprint density at radius 3 is 2.27 bits per heavy atom. The molecule has 148 valence electrons. The van der Waals surface area contributed by atoms with E-state index >= 15 is 0 Å². The van der Waals surface area contributed by atoms with E-state index in [1.165, 1.54) is 12.1 Å². The zero-order chi connectivity index (χ0) is 19.0. The first-order valence-corrected chi connectivity index (χ1v) is 8.00. The van der Waals surface area contributed by atoms with Gasteiger partial charge in [0, 0.05) is 39.6 Å². The van der Waals surface area contributed by atoms with E-state index in [1.807, 2.05) is 13.8 Å². The zero-order valence-electron chi connectivity index (χ0n) is 15.4. The lowest BCUT2D eigenvalue weighted by Gasteiger charge is -2.22. The summed E-state index contributed by atoms with van der Waals surface area (Å²) in [5, 5.41) is 5.86. The van der Waals surface area contributed by atoms with Gasteiger partial charge in [-0.05, 0) is 31.5 Å². The average molecular weight is 486 g/mol. The molecule has 0 spiro atoms. The van der Waals surface area contributed by atoms with Crippen LogP contribution in [0.4, 0.5) is 13.2 Å². The van der Waals surface area contributed by atoms with Gasteiger partial charge in [-0.1, -0.05) is 12.1 Å². The van der Waals surface area contributed by atoms with Crippen molar-refractivity contribution >= 4 is 35.8 Å². The van der Waals surface area contributed by atoms with E-state index < -0.39 is 11.7 Å². The number of aliphatic imine (C=N–C) groups is 1. The van der Waals surface area contributed by atoms with Crippen LogP contribution < -0.4 is 10.6 Å². The Kier molecular flexibility index (Phi) is 10.6. The van der Waals surface area contributed by atoms with Gasteiger partial charge in [0.1, 0.15) is 0 Å². The highest BCUT2D eigenvalue weighted by atomic mass is 127. The molecule has 2 N–H and O–H groups in total. The lowest BCUT2D eigenvalue weighted by atomic mass is 10.1. The SMILES string of the molecule is CN=C(NCCC(=O)NC(C)C)N(C)Cc1ccc(C(F)(F)F)cc1.I. The summed E-state index contributed by atoms with van der Waals surface area (Å²) in [4.78, 5) is 17.5. The lowest BCUT2D eigenvalue weighted by Crippen LogP contribution is -2.40. The van der Waals surface area contributed by atoms with Gasteiger partial charge in [0.15, 0.2) is 5.96 Å². The first kappa shape index (κ1) is 24.5. The Labute approximate surface area is 169 Å². The number of hydrogen-bond acceptors (Lipinski definition) is 2. The number of alkyl halides is 3. The predicted octanol–water partition coefficient (Wildman–Crippen LogP) is 3.25. The molecule has 0 aliphatic rings. The van der Waals surface area contributed by atoms with Gasteiger partial charge in [0.05, 0.1) is 5.56 Å². The molecule has 5 nitrogen and oxygen atoms in total. The largest absolute Gasteiger partial charge is 0.416 e. The second-order valence-electron chi connectivity index (χ2n) is 6.00. The Morgan fingerprint density at radius 2 is 1.81 bits per heavy atom. The van der Waals surface area contributed by atoms with Crippen molar-refractivity contribution in [3.8, 4) is 0 Å². The first-order chi connectivity index (χ1) is 11.6. The first-order valence-electron chi connectivity index (χ1n) is 8.00. The van der Waals surface area contributed by atoms with E-state index in [4.69, 9.17) is 0 Å². The van der Waals surface area contributed by atoms with Gasteiger partial charge >= 0.3 is 6.18 Å². The van der Waals surface area contributed by atoms with Gasteiger partial charge in [-0.25, -0.2) is 0 Å². The van der Waals surface area contributed by atoms with Crippen LogP contribution in [0.5, 0.6) is 0 Å². The van der Waals surface area contributed by atoms with Gasteiger partial charge in [-0.15, -0.1) is 24.0 Å². The number of guanidine groups is 1. The standard InChI is InChI=1S/C17H25F3N4O.HI/c1-12(2)23-15(25)9-10-22-16(21-3)24(4)11-13-5-7-14(8-6-13)17(18,19)20;/h5-8,12H,9-11H2,1-4H3,(H,21,22)(H,23,25);1H. The van der Waals surface area contributed by atoms with Gasteiger partial charge in [-0.3, -0.25) is 9.79 Å². The molecule has 0 atom stereocenters. The fourth-order valence-corrected chi connectivity index (χ4v) is 2.21. The molecule has 1 rings (SSSR count). The van der Waals surface area contributed by atoms with Crippen molar-refractivity contribution in [2.75, 3.05) is 20.6 Å². The van der Waals surface area contributed by atoms with Crippen molar-refractivity contribution in [2.45, 2.75) is 39.0 Å². The van der Waals surface area contributed by atoms with E-state index in [2.05, 4.69) is 15.6 Å². The number of carbonyl (C=O) groups is 1. The van der Waals surface area contributed by atoms with Crippen LogP contribution in [-0.2, 0) is 17.5 Å². The molecular formula is C17H26F3IN4O. The molecule has 9 heteroatoms. The summed E-state index contributed by atoms with van der Waals surface area (Å²) in [7, 11) is 3.39. The predicted molar refractivity (Wildman–Crippen MR) is 108 cm³/mol. The summed E-state index contributed by atoms with van der Waals surface area (Å²) in [5.41, 5.74) is 0.0635. The third kappa shape index (κ3) is 8.72. The van der Waals surface area contributed by atoms with Crippen LogP contribution in [0, 0.1) is 0 Å². The summed E-state index contributed by atoms with van der Waals surface area (Å²) < 4.78 is 37.7. The number of rotatable bonds is 6. The van der Waals surface area contributed by atoms with Crippen molar-refractivity contribution < 1.29 is 18.0 Å². The van der Waals surface area contributed by atoms with E-state index in [0.29, 0.717) is 25.5 Å². The molecule has 0 bridgehead atoms. The number of nitrogens with one attached hydrogen (secondary N) is 2. The molecular weight excluding hydrogens is 460 g/mol. The van der Waals surface area contributed by atoms with Crippen molar-refractivity contribution in [3.05, 3.63) is 35.4 Å². The molecule has 0 unspecified atom stereocenters. The highest BCUT2D eigenvalue weighted by molar-refractivity contribution is 14.0. The van der Waals surface area contributed by atoms with Gasteiger partial charge in [0.2, 0.25) is 5.91 Å². The molecule has 0 saturated heterocycles. The highest BCUT2D eigenvalue weighted by Crippen LogP contribution is 2.29.